The van der Waals surface area contributed by atoms with Gasteiger partial charge in [0.1, 0.15) is 0 Å². The molecular weight excluding hydrogens is 172 g/mol. The molecule has 1 fully saturated rings. The Morgan fingerprint density at radius 3 is 2.77 bits per heavy atom. The van der Waals surface area contributed by atoms with Gasteiger partial charge >= 0.3 is 6.09 Å². The minimum atomic E-state index is -0.935. The molecule has 5 nitrogen and oxygen atoms in total. The second-order valence-electron chi connectivity index (χ2n) is 2.93. The maximum absolute atomic E-state index is 10.8. The lowest BCUT2D eigenvalue weighted by atomic mass is 10.2. The van der Waals surface area contributed by atoms with E-state index in [0.717, 1.165) is 0 Å². The van der Waals surface area contributed by atoms with Crippen LogP contribution in [0.2, 0.25) is 0 Å². The summed E-state index contributed by atoms with van der Waals surface area (Å²) in [5.41, 5.74) is 0. The molecule has 1 saturated heterocycles. The summed E-state index contributed by atoms with van der Waals surface area (Å²) in [5, 5.41) is 11.3. The maximum atomic E-state index is 10.8. The van der Waals surface area contributed by atoms with E-state index in [1.807, 2.05) is 0 Å². The molecule has 0 radical (unpaired) electrons. The van der Waals surface area contributed by atoms with Crippen molar-refractivity contribution in [2.75, 3.05) is 13.1 Å². The average Bonchev–Trinajstić information content (AvgIpc) is 2.52. The van der Waals surface area contributed by atoms with Crippen LogP contribution in [0.3, 0.4) is 0 Å². The second-order valence-corrected chi connectivity index (χ2v) is 2.93. The van der Waals surface area contributed by atoms with Crippen molar-refractivity contribution in [2.45, 2.75) is 12.5 Å². The Kier molecular flexibility index (Phi) is 2.89. The number of carbonyl (C=O) groups excluding carboxylic acids is 1. The number of hydrogen-bond acceptors (Lipinski definition) is 2. The van der Waals surface area contributed by atoms with Gasteiger partial charge in [-0.3, -0.25) is 4.79 Å². The molecule has 1 aliphatic rings. The Bertz CT molecular complexity index is 240. The number of carboxylic acid groups (broad SMARTS) is 1. The van der Waals surface area contributed by atoms with E-state index in [1.54, 1.807) is 0 Å². The molecule has 1 atom stereocenters. The van der Waals surface area contributed by atoms with Crippen LogP contribution in [0.25, 0.3) is 0 Å². The van der Waals surface area contributed by atoms with Gasteiger partial charge in [0.2, 0.25) is 5.91 Å². The fourth-order valence-corrected chi connectivity index (χ4v) is 1.31. The van der Waals surface area contributed by atoms with Crippen LogP contribution in [0.5, 0.6) is 0 Å². The zero-order chi connectivity index (χ0) is 9.84. The number of nitrogens with zero attached hydrogens (tertiary/aromatic N) is 1. The van der Waals surface area contributed by atoms with E-state index in [-0.39, 0.29) is 11.9 Å². The van der Waals surface area contributed by atoms with Crippen LogP contribution in [-0.4, -0.2) is 41.1 Å². The molecule has 1 aliphatic heterocycles. The minimum Gasteiger partial charge on any atom is -0.465 e. The van der Waals surface area contributed by atoms with Crippen LogP contribution in [-0.2, 0) is 4.79 Å². The van der Waals surface area contributed by atoms with E-state index in [0.29, 0.717) is 19.5 Å². The van der Waals surface area contributed by atoms with Gasteiger partial charge in [-0.25, -0.2) is 4.79 Å². The number of likely N-dealkylation sites (tertiary alicyclic amines) is 1. The van der Waals surface area contributed by atoms with Gasteiger partial charge in [-0.05, 0) is 12.5 Å². The number of hydrogen-bond donors (Lipinski definition) is 2. The van der Waals surface area contributed by atoms with Crippen molar-refractivity contribution in [2.24, 2.45) is 0 Å². The van der Waals surface area contributed by atoms with Crippen LogP contribution in [0.1, 0.15) is 6.42 Å². The first-order valence-electron chi connectivity index (χ1n) is 4.04. The lowest BCUT2D eigenvalue weighted by Gasteiger charge is -2.12. The van der Waals surface area contributed by atoms with Crippen molar-refractivity contribution in [3.05, 3.63) is 12.7 Å². The van der Waals surface area contributed by atoms with E-state index in [1.165, 1.54) is 11.0 Å². The van der Waals surface area contributed by atoms with Gasteiger partial charge in [0.15, 0.2) is 0 Å². The van der Waals surface area contributed by atoms with E-state index in [9.17, 15) is 9.59 Å². The molecule has 0 spiro atoms. The van der Waals surface area contributed by atoms with Crippen LogP contribution in [0.4, 0.5) is 4.79 Å². The molecule has 0 aliphatic carbocycles. The van der Waals surface area contributed by atoms with Crippen molar-refractivity contribution in [1.82, 2.24) is 10.2 Å². The average molecular weight is 184 g/mol. The lowest BCUT2D eigenvalue weighted by Crippen LogP contribution is -2.37. The Morgan fingerprint density at radius 1 is 1.62 bits per heavy atom. The highest BCUT2D eigenvalue weighted by atomic mass is 16.4. The van der Waals surface area contributed by atoms with Crippen molar-refractivity contribution >= 4 is 12.0 Å². The first kappa shape index (κ1) is 9.57. The number of nitrogens with one attached hydrogen (secondary N) is 1. The molecule has 72 valence electrons. The molecule has 0 saturated carbocycles. The van der Waals surface area contributed by atoms with Gasteiger partial charge < -0.3 is 15.3 Å². The fourth-order valence-electron chi connectivity index (χ4n) is 1.31. The van der Waals surface area contributed by atoms with Gasteiger partial charge in [-0.1, -0.05) is 6.58 Å². The summed E-state index contributed by atoms with van der Waals surface area (Å²) in [6, 6.07) is -0.0680. The summed E-state index contributed by atoms with van der Waals surface area (Å²) in [4.78, 5) is 22.6. The molecule has 5 heteroatoms. The van der Waals surface area contributed by atoms with Crippen LogP contribution < -0.4 is 5.32 Å². The lowest BCUT2D eigenvalue weighted by molar-refractivity contribution is -0.117. The van der Waals surface area contributed by atoms with Crippen molar-refractivity contribution in [3.63, 3.8) is 0 Å². The fraction of sp³-hybridized carbons (Fsp3) is 0.500. The summed E-state index contributed by atoms with van der Waals surface area (Å²) < 4.78 is 0. The topological polar surface area (TPSA) is 69.6 Å². The van der Waals surface area contributed by atoms with Crippen molar-refractivity contribution in [1.29, 1.82) is 0 Å². The number of carbonyl (C=O) groups is 2. The van der Waals surface area contributed by atoms with Crippen LogP contribution in [0, 0.1) is 0 Å². The van der Waals surface area contributed by atoms with Gasteiger partial charge in [0, 0.05) is 19.1 Å². The van der Waals surface area contributed by atoms with Crippen LogP contribution in [0.15, 0.2) is 12.7 Å². The van der Waals surface area contributed by atoms with Gasteiger partial charge in [0.05, 0.1) is 0 Å². The summed E-state index contributed by atoms with van der Waals surface area (Å²) in [6.45, 7) is 4.17. The summed E-state index contributed by atoms with van der Waals surface area (Å²) in [7, 11) is 0. The predicted molar refractivity (Wildman–Crippen MR) is 46.3 cm³/mol. The standard InChI is InChI=1S/C8H12N2O3/c1-2-7(11)9-6-3-4-10(5-6)8(12)13/h2,6H,1,3-5H2,(H,9,11)(H,12,13)/t6-/m0/s1. The first-order chi connectivity index (χ1) is 6.13. The SMILES string of the molecule is C=CC(=O)N[C@H]1CCN(C(=O)O)C1. The normalized spacial score (nSPS) is 21.2. The Hall–Kier alpha value is -1.52. The highest BCUT2D eigenvalue weighted by Gasteiger charge is 2.26. The molecule has 0 aromatic heterocycles. The third-order valence-electron chi connectivity index (χ3n) is 1.99. The largest absolute Gasteiger partial charge is 0.465 e. The Balaban J connectivity index is 2.37. The molecule has 0 aromatic rings. The smallest absolute Gasteiger partial charge is 0.407 e. The first-order valence-corrected chi connectivity index (χ1v) is 4.04. The van der Waals surface area contributed by atoms with Gasteiger partial charge in [0.25, 0.3) is 0 Å². The molecule has 2 N–H and O–H groups in total. The van der Waals surface area contributed by atoms with Crippen LogP contribution >= 0.6 is 0 Å². The van der Waals surface area contributed by atoms with Gasteiger partial charge in [-0.15, -0.1) is 0 Å². The minimum absolute atomic E-state index is 0.0680. The highest BCUT2D eigenvalue weighted by Crippen LogP contribution is 2.08. The molecule has 0 bridgehead atoms. The number of rotatable bonds is 2. The van der Waals surface area contributed by atoms with E-state index >= 15 is 0 Å². The summed E-state index contributed by atoms with van der Waals surface area (Å²) in [5.74, 6) is -0.253. The zero-order valence-corrected chi connectivity index (χ0v) is 7.19. The maximum Gasteiger partial charge on any atom is 0.407 e. The molecular formula is C8H12N2O3. The molecule has 0 unspecified atom stereocenters. The van der Waals surface area contributed by atoms with Crippen molar-refractivity contribution in [3.8, 4) is 0 Å². The molecule has 0 aromatic carbocycles. The molecule has 1 rings (SSSR count). The third kappa shape index (κ3) is 2.47. The Labute approximate surface area is 76.0 Å². The summed E-state index contributed by atoms with van der Waals surface area (Å²) in [6.07, 6.45) is 0.922. The zero-order valence-electron chi connectivity index (χ0n) is 7.19. The number of amides is 2. The highest BCUT2D eigenvalue weighted by molar-refractivity contribution is 5.87. The molecule has 1 heterocycles. The third-order valence-corrected chi connectivity index (χ3v) is 1.99. The second kappa shape index (κ2) is 3.93. The molecule has 13 heavy (non-hydrogen) atoms. The van der Waals surface area contributed by atoms with E-state index < -0.39 is 6.09 Å². The molecule has 2 amide bonds. The summed E-state index contributed by atoms with van der Waals surface area (Å²) >= 11 is 0. The van der Waals surface area contributed by atoms with Crippen molar-refractivity contribution < 1.29 is 14.7 Å². The monoisotopic (exact) mass is 184 g/mol. The van der Waals surface area contributed by atoms with Gasteiger partial charge in [-0.2, -0.15) is 0 Å². The van der Waals surface area contributed by atoms with E-state index in [4.69, 9.17) is 5.11 Å². The quantitative estimate of drug-likeness (QED) is 0.595. The van der Waals surface area contributed by atoms with E-state index in [2.05, 4.69) is 11.9 Å². The predicted octanol–water partition coefficient (Wildman–Crippen LogP) is 0.0409. The Morgan fingerprint density at radius 2 is 2.31 bits per heavy atom.